The Hall–Kier alpha value is -1.25. The second-order valence-corrected chi connectivity index (χ2v) is 3.14. The van der Waals surface area contributed by atoms with E-state index in [0.29, 0.717) is 11.8 Å². The molecule has 0 saturated carbocycles. The molecule has 1 aromatic carbocycles. The summed E-state index contributed by atoms with van der Waals surface area (Å²) in [5.74, 6) is -2.06. The predicted molar refractivity (Wildman–Crippen MR) is 45.8 cm³/mol. The minimum atomic E-state index is -1.05. The van der Waals surface area contributed by atoms with Crippen LogP contribution in [0.15, 0.2) is 12.1 Å². The molecule has 0 unspecified atom stereocenters. The largest absolute Gasteiger partial charge is 0.298 e. The third-order valence-electron chi connectivity index (χ3n) is 1.89. The first-order valence-electron chi connectivity index (χ1n) is 4.01. The van der Waals surface area contributed by atoms with Crippen LogP contribution in [0.3, 0.4) is 0 Å². The summed E-state index contributed by atoms with van der Waals surface area (Å²) in [6.07, 6.45) is 0.308. The minimum absolute atomic E-state index is 0.0878. The Morgan fingerprint density at radius 2 is 1.85 bits per heavy atom. The fourth-order valence-corrected chi connectivity index (χ4v) is 1.12. The summed E-state index contributed by atoms with van der Waals surface area (Å²) in [4.78, 5) is 10.3. The normalized spacial score (nSPS) is 10.5. The van der Waals surface area contributed by atoms with Gasteiger partial charge < -0.3 is 0 Å². The Kier molecular flexibility index (Phi) is 2.76. The van der Waals surface area contributed by atoms with Crippen LogP contribution >= 0.6 is 0 Å². The molecule has 0 aromatic heterocycles. The predicted octanol–water partition coefficient (Wildman–Crippen LogP) is 2.90. The average molecular weight is 184 g/mol. The zero-order chi connectivity index (χ0) is 10.0. The van der Waals surface area contributed by atoms with E-state index in [0.717, 1.165) is 0 Å². The van der Waals surface area contributed by atoms with Gasteiger partial charge in [-0.1, -0.05) is 19.9 Å². The summed E-state index contributed by atoms with van der Waals surface area (Å²) >= 11 is 0. The number of hydrogen-bond donors (Lipinski definition) is 0. The molecule has 0 saturated heterocycles. The average Bonchev–Trinajstić information content (AvgIpc) is 2.09. The molecule has 0 aliphatic rings. The van der Waals surface area contributed by atoms with Gasteiger partial charge in [-0.05, 0) is 17.5 Å². The number of rotatable bonds is 2. The van der Waals surface area contributed by atoms with Crippen molar-refractivity contribution in [3.8, 4) is 0 Å². The molecule has 0 bridgehead atoms. The third kappa shape index (κ3) is 1.74. The van der Waals surface area contributed by atoms with Crippen molar-refractivity contribution in [1.82, 2.24) is 0 Å². The molecule has 0 amide bonds. The quantitative estimate of drug-likeness (QED) is 0.646. The summed E-state index contributed by atoms with van der Waals surface area (Å²) < 4.78 is 26.2. The Morgan fingerprint density at radius 3 is 2.31 bits per heavy atom. The van der Waals surface area contributed by atoms with E-state index in [1.807, 2.05) is 0 Å². The molecule has 1 nitrogen and oxygen atoms in total. The van der Waals surface area contributed by atoms with Crippen LogP contribution in [0.2, 0.25) is 0 Å². The number of benzene rings is 1. The lowest BCUT2D eigenvalue weighted by Gasteiger charge is -2.07. The molecule has 0 atom stereocenters. The second-order valence-electron chi connectivity index (χ2n) is 3.14. The molecule has 0 spiro atoms. The Morgan fingerprint density at radius 1 is 1.23 bits per heavy atom. The number of halogens is 2. The van der Waals surface area contributed by atoms with Crippen LogP contribution in [-0.4, -0.2) is 6.29 Å². The molecule has 1 aromatic rings. The molecule has 0 aliphatic carbocycles. The van der Waals surface area contributed by atoms with Gasteiger partial charge in [-0.25, -0.2) is 8.78 Å². The topological polar surface area (TPSA) is 17.1 Å². The lowest BCUT2D eigenvalue weighted by Crippen LogP contribution is -2.00. The van der Waals surface area contributed by atoms with E-state index in [4.69, 9.17) is 0 Å². The smallest absolute Gasteiger partial charge is 0.169 e. The highest BCUT2D eigenvalue weighted by atomic mass is 19.2. The fourth-order valence-electron chi connectivity index (χ4n) is 1.12. The Labute approximate surface area is 75.4 Å². The maximum Gasteiger partial charge on any atom is 0.169 e. The summed E-state index contributed by atoms with van der Waals surface area (Å²) in [7, 11) is 0. The zero-order valence-electron chi connectivity index (χ0n) is 7.47. The number of aldehydes is 1. The van der Waals surface area contributed by atoms with E-state index in [9.17, 15) is 13.6 Å². The highest BCUT2D eigenvalue weighted by Crippen LogP contribution is 2.21. The molecular weight excluding hydrogens is 174 g/mol. The van der Waals surface area contributed by atoms with Gasteiger partial charge in [0, 0.05) is 0 Å². The summed E-state index contributed by atoms with van der Waals surface area (Å²) in [6.45, 7) is 3.52. The van der Waals surface area contributed by atoms with E-state index >= 15 is 0 Å². The van der Waals surface area contributed by atoms with Crippen molar-refractivity contribution < 1.29 is 13.6 Å². The molecule has 1 rings (SSSR count). The molecule has 3 heteroatoms. The number of hydrogen-bond acceptors (Lipinski definition) is 1. The van der Waals surface area contributed by atoms with Gasteiger partial charge in [0.1, 0.15) is 0 Å². The van der Waals surface area contributed by atoms with Gasteiger partial charge in [0.15, 0.2) is 17.9 Å². The Balaban J connectivity index is 3.31. The number of carbonyl (C=O) groups is 1. The maximum absolute atomic E-state index is 13.2. The maximum atomic E-state index is 13.2. The summed E-state index contributed by atoms with van der Waals surface area (Å²) in [5.41, 5.74) is 0.0602. The van der Waals surface area contributed by atoms with E-state index < -0.39 is 11.6 Å². The van der Waals surface area contributed by atoms with E-state index in [1.54, 1.807) is 13.8 Å². The SMILES string of the molecule is CC(C)c1ccc(C=O)c(F)c1F. The van der Waals surface area contributed by atoms with Crippen LogP contribution in [0.4, 0.5) is 8.78 Å². The Bertz CT molecular complexity index is 332. The molecule has 0 radical (unpaired) electrons. The van der Waals surface area contributed by atoms with Crippen LogP contribution in [-0.2, 0) is 0 Å². The second kappa shape index (κ2) is 3.64. The molecular formula is C10H10F2O. The van der Waals surface area contributed by atoms with Crippen LogP contribution in [0, 0.1) is 11.6 Å². The van der Waals surface area contributed by atoms with Crippen molar-refractivity contribution >= 4 is 6.29 Å². The van der Waals surface area contributed by atoms with Crippen molar-refractivity contribution in [3.63, 3.8) is 0 Å². The van der Waals surface area contributed by atoms with Gasteiger partial charge in [0.05, 0.1) is 5.56 Å². The third-order valence-corrected chi connectivity index (χ3v) is 1.89. The summed E-state index contributed by atoms with van der Waals surface area (Å²) in [5, 5.41) is 0. The van der Waals surface area contributed by atoms with Gasteiger partial charge in [-0.3, -0.25) is 4.79 Å². The number of carbonyl (C=O) groups excluding carboxylic acids is 1. The van der Waals surface area contributed by atoms with Gasteiger partial charge in [0.2, 0.25) is 0 Å². The zero-order valence-corrected chi connectivity index (χ0v) is 7.47. The van der Waals surface area contributed by atoms with Gasteiger partial charge in [0.25, 0.3) is 0 Å². The molecule has 13 heavy (non-hydrogen) atoms. The lowest BCUT2D eigenvalue weighted by atomic mass is 10.0. The monoisotopic (exact) mass is 184 g/mol. The van der Waals surface area contributed by atoms with Crippen LogP contribution in [0.1, 0.15) is 35.7 Å². The minimum Gasteiger partial charge on any atom is -0.298 e. The van der Waals surface area contributed by atoms with Gasteiger partial charge >= 0.3 is 0 Å². The van der Waals surface area contributed by atoms with Crippen LogP contribution in [0.25, 0.3) is 0 Å². The summed E-state index contributed by atoms with van der Waals surface area (Å²) in [6, 6.07) is 2.73. The van der Waals surface area contributed by atoms with Crippen molar-refractivity contribution in [2.75, 3.05) is 0 Å². The first-order chi connectivity index (χ1) is 6.07. The van der Waals surface area contributed by atoms with Crippen molar-refractivity contribution in [1.29, 1.82) is 0 Å². The van der Waals surface area contributed by atoms with E-state index in [-0.39, 0.29) is 11.5 Å². The molecule has 0 aliphatic heterocycles. The van der Waals surface area contributed by atoms with Crippen molar-refractivity contribution in [3.05, 3.63) is 34.9 Å². The van der Waals surface area contributed by atoms with Crippen LogP contribution in [0.5, 0.6) is 0 Å². The molecule has 0 fully saturated rings. The fraction of sp³-hybridized carbons (Fsp3) is 0.300. The first-order valence-corrected chi connectivity index (χ1v) is 4.01. The van der Waals surface area contributed by atoms with Crippen LogP contribution < -0.4 is 0 Å². The standard InChI is InChI=1S/C10H10F2O/c1-6(2)8-4-3-7(5-13)9(11)10(8)12/h3-6H,1-2H3. The van der Waals surface area contributed by atoms with E-state index in [1.165, 1.54) is 12.1 Å². The molecule has 0 N–H and O–H groups in total. The first kappa shape index (κ1) is 9.84. The molecule has 70 valence electrons. The lowest BCUT2D eigenvalue weighted by molar-refractivity contribution is 0.111. The van der Waals surface area contributed by atoms with Gasteiger partial charge in [-0.2, -0.15) is 0 Å². The highest BCUT2D eigenvalue weighted by molar-refractivity contribution is 5.75. The van der Waals surface area contributed by atoms with E-state index in [2.05, 4.69) is 0 Å². The van der Waals surface area contributed by atoms with Gasteiger partial charge in [-0.15, -0.1) is 0 Å². The van der Waals surface area contributed by atoms with Crippen molar-refractivity contribution in [2.45, 2.75) is 19.8 Å². The highest BCUT2D eigenvalue weighted by Gasteiger charge is 2.14. The molecule has 0 heterocycles. The van der Waals surface area contributed by atoms with Crippen molar-refractivity contribution in [2.24, 2.45) is 0 Å².